The summed E-state index contributed by atoms with van der Waals surface area (Å²) >= 11 is 0. The number of rotatable bonds is 10. The molecule has 0 saturated carbocycles. The fraction of sp³-hybridized carbons (Fsp3) is 0.867. The average molecular weight is 299 g/mol. The minimum atomic E-state index is -0.759. The summed E-state index contributed by atoms with van der Waals surface area (Å²) in [5.74, 6) is -0.442. The van der Waals surface area contributed by atoms with Crippen LogP contribution in [0.4, 0.5) is 4.79 Å². The number of carbonyl (C=O) groups excluding carboxylic acids is 1. The number of hydrogen-bond donors (Lipinski definition) is 3. The van der Waals surface area contributed by atoms with Crippen LogP contribution in [0.3, 0.4) is 0 Å². The van der Waals surface area contributed by atoms with Crippen molar-refractivity contribution >= 4 is 12.0 Å². The van der Waals surface area contributed by atoms with Crippen LogP contribution < -0.4 is 10.6 Å². The van der Waals surface area contributed by atoms with Crippen molar-refractivity contribution in [3.63, 3.8) is 0 Å². The fourth-order valence-corrected chi connectivity index (χ4v) is 2.52. The molecule has 21 heavy (non-hydrogen) atoms. The minimum absolute atomic E-state index is 0.123. The number of aliphatic carboxylic acids is 1. The zero-order valence-corrected chi connectivity index (χ0v) is 13.1. The fourth-order valence-electron chi connectivity index (χ4n) is 2.52. The van der Waals surface area contributed by atoms with E-state index < -0.39 is 5.97 Å². The van der Waals surface area contributed by atoms with Gasteiger partial charge in [-0.3, -0.25) is 4.79 Å². The Labute approximate surface area is 127 Å². The maximum absolute atomic E-state index is 11.6. The summed E-state index contributed by atoms with van der Waals surface area (Å²) in [6.45, 7) is 6.77. The Hall–Kier alpha value is -1.30. The molecule has 0 aliphatic carbocycles. The van der Waals surface area contributed by atoms with Gasteiger partial charge in [-0.15, -0.1) is 0 Å². The predicted octanol–water partition coefficient (Wildman–Crippen LogP) is 1.66. The molecule has 1 unspecified atom stereocenters. The van der Waals surface area contributed by atoms with Gasteiger partial charge in [-0.05, 0) is 57.7 Å². The topological polar surface area (TPSA) is 81.7 Å². The van der Waals surface area contributed by atoms with Crippen LogP contribution in [0.2, 0.25) is 0 Å². The first-order valence-electron chi connectivity index (χ1n) is 8.04. The Kier molecular flexibility index (Phi) is 8.82. The van der Waals surface area contributed by atoms with E-state index in [4.69, 9.17) is 5.11 Å². The van der Waals surface area contributed by atoms with Crippen molar-refractivity contribution in [3.8, 4) is 0 Å². The van der Waals surface area contributed by atoms with E-state index in [2.05, 4.69) is 15.5 Å². The molecular formula is C15H29N3O3. The third-order valence-electron chi connectivity index (χ3n) is 3.91. The highest BCUT2D eigenvalue weighted by molar-refractivity contribution is 5.73. The van der Waals surface area contributed by atoms with E-state index in [0.29, 0.717) is 25.4 Å². The first-order chi connectivity index (χ1) is 10.1. The third-order valence-corrected chi connectivity index (χ3v) is 3.91. The van der Waals surface area contributed by atoms with Gasteiger partial charge in [0.05, 0.1) is 0 Å². The SMILES string of the molecule is CC(CCNC(=O)NCCCN1CCCC1)CCC(=O)O. The normalized spacial score (nSPS) is 16.6. The molecule has 0 radical (unpaired) electrons. The second-order valence-corrected chi connectivity index (χ2v) is 5.91. The van der Waals surface area contributed by atoms with E-state index in [-0.39, 0.29) is 12.5 Å². The lowest BCUT2D eigenvalue weighted by Gasteiger charge is -2.15. The lowest BCUT2D eigenvalue weighted by molar-refractivity contribution is -0.137. The third kappa shape index (κ3) is 9.28. The lowest BCUT2D eigenvalue weighted by atomic mass is 10.0. The van der Waals surface area contributed by atoms with Crippen LogP contribution in [-0.4, -0.2) is 54.7 Å². The van der Waals surface area contributed by atoms with E-state index in [1.807, 2.05) is 6.92 Å². The number of urea groups is 1. The molecule has 1 saturated heterocycles. The summed E-state index contributed by atoms with van der Waals surface area (Å²) in [6.07, 6.45) is 5.26. The molecule has 1 aliphatic heterocycles. The summed E-state index contributed by atoms with van der Waals surface area (Å²) < 4.78 is 0. The number of hydrogen-bond acceptors (Lipinski definition) is 3. The molecule has 1 rings (SSSR count). The number of nitrogens with one attached hydrogen (secondary N) is 2. The van der Waals surface area contributed by atoms with Crippen LogP contribution in [0.5, 0.6) is 0 Å². The number of nitrogens with zero attached hydrogens (tertiary/aromatic N) is 1. The summed E-state index contributed by atoms with van der Waals surface area (Å²) in [4.78, 5) is 24.4. The van der Waals surface area contributed by atoms with E-state index in [9.17, 15) is 9.59 Å². The number of carboxylic acid groups (broad SMARTS) is 1. The minimum Gasteiger partial charge on any atom is -0.481 e. The largest absolute Gasteiger partial charge is 0.481 e. The van der Waals surface area contributed by atoms with Gasteiger partial charge < -0.3 is 20.6 Å². The van der Waals surface area contributed by atoms with Crippen LogP contribution in [0, 0.1) is 5.92 Å². The maximum atomic E-state index is 11.6. The van der Waals surface area contributed by atoms with Crippen molar-refractivity contribution in [2.24, 2.45) is 5.92 Å². The first kappa shape index (κ1) is 17.8. The van der Waals surface area contributed by atoms with Crippen LogP contribution in [0.1, 0.15) is 45.4 Å². The smallest absolute Gasteiger partial charge is 0.314 e. The molecule has 2 amide bonds. The van der Waals surface area contributed by atoms with Crippen LogP contribution >= 0.6 is 0 Å². The molecule has 0 aromatic heterocycles. The summed E-state index contributed by atoms with van der Waals surface area (Å²) in [5.41, 5.74) is 0. The summed E-state index contributed by atoms with van der Waals surface area (Å²) in [5, 5.41) is 14.3. The highest BCUT2D eigenvalue weighted by Gasteiger charge is 2.10. The van der Waals surface area contributed by atoms with E-state index in [0.717, 1.165) is 19.4 Å². The first-order valence-corrected chi connectivity index (χ1v) is 8.04. The maximum Gasteiger partial charge on any atom is 0.314 e. The summed E-state index contributed by atoms with van der Waals surface area (Å²) in [7, 11) is 0. The molecule has 1 aliphatic rings. The Morgan fingerprint density at radius 2 is 1.81 bits per heavy atom. The Morgan fingerprint density at radius 3 is 2.48 bits per heavy atom. The zero-order valence-electron chi connectivity index (χ0n) is 13.1. The van der Waals surface area contributed by atoms with Crippen molar-refractivity contribution in [3.05, 3.63) is 0 Å². The van der Waals surface area contributed by atoms with E-state index in [1.165, 1.54) is 25.9 Å². The van der Waals surface area contributed by atoms with Gasteiger partial charge in [0.15, 0.2) is 0 Å². The van der Waals surface area contributed by atoms with Crippen molar-refractivity contribution < 1.29 is 14.7 Å². The van der Waals surface area contributed by atoms with Gasteiger partial charge in [0, 0.05) is 19.5 Å². The Bertz CT molecular complexity index is 317. The van der Waals surface area contributed by atoms with Crippen molar-refractivity contribution in [2.45, 2.75) is 45.4 Å². The summed E-state index contributed by atoms with van der Waals surface area (Å²) in [6, 6.07) is -0.123. The molecule has 6 nitrogen and oxygen atoms in total. The molecule has 122 valence electrons. The van der Waals surface area contributed by atoms with Crippen molar-refractivity contribution in [2.75, 3.05) is 32.7 Å². The molecule has 0 aromatic carbocycles. The van der Waals surface area contributed by atoms with Gasteiger partial charge in [0.25, 0.3) is 0 Å². The molecule has 0 spiro atoms. The number of carboxylic acids is 1. The zero-order chi connectivity index (χ0) is 15.5. The van der Waals surface area contributed by atoms with Crippen molar-refractivity contribution in [1.82, 2.24) is 15.5 Å². The number of amides is 2. The standard InChI is InChI=1S/C15H29N3O3/c1-13(5-6-14(19)20)7-9-17-15(21)16-8-4-12-18-10-2-3-11-18/h13H,2-12H2,1H3,(H,19,20)(H2,16,17,21). The number of carbonyl (C=O) groups is 2. The lowest BCUT2D eigenvalue weighted by Crippen LogP contribution is -2.37. The van der Waals surface area contributed by atoms with Gasteiger partial charge in [0.2, 0.25) is 0 Å². The van der Waals surface area contributed by atoms with Crippen LogP contribution in [0.15, 0.2) is 0 Å². The molecular weight excluding hydrogens is 270 g/mol. The van der Waals surface area contributed by atoms with Crippen molar-refractivity contribution in [1.29, 1.82) is 0 Å². The van der Waals surface area contributed by atoms with Crippen LogP contribution in [0.25, 0.3) is 0 Å². The van der Waals surface area contributed by atoms with E-state index in [1.54, 1.807) is 0 Å². The van der Waals surface area contributed by atoms with Gasteiger partial charge in [0.1, 0.15) is 0 Å². The molecule has 3 N–H and O–H groups in total. The van der Waals surface area contributed by atoms with Gasteiger partial charge in [-0.2, -0.15) is 0 Å². The predicted molar refractivity (Wildman–Crippen MR) is 82.3 cm³/mol. The quantitative estimate of drug-likeness (QED) is 0.536. The van der Waals surface area contributed by atoms with Crippen LogP contribution in [-0.2, 0) is 4.79 Å². The molecule has 0 aromatic rings. The molecule has 1 atom stereocenters. The molecule has 1 fully saturated rings. The van der Waals surface area contributed by atoms with E-state index >= 15 is 0 Å². The second-order valence-electron chi connectivity index (χ2n) is 5.91. The highest BCUT2D eigenvalue weighted by Crippen LogP contribution is 2.09. The monoisotopic (exact) mass is 299 g/mol. The van der Waals surface area contributed by atoms with Gasteiger partial charge in [-0.1, -0.05) is 6.92 Å². The van der Waals surface area contributed by atoms with Gasteiger partial charge in [-0.25, -0.2) is 4.79 Å². The Morgan fingerprint density at radius 1 is 1.14 bits per heavy atom. The molecule has 1 heterocycles. The van der Waals surface area contributed by atoms with Gasteiger partial charge >= 0.3 is 12.0 Å². The molecule has 0 bridgehead atoms. The number of likely N-dealkylation sites (tertiary alicyclic amines) is 1. The Balaban J connectivity index is 1.92. The highest BCUT2D eigenvalue weighted by atomic mass is 16.4. The second kappa shape index (κ2) is 10.4. The average Bonchev–Trinajstić information content (AvgIpc) is 2.94. The molecule has 6 heteroatoms.